The normalized spacial score (nSPS) is 23.0. The number of hydrogen-bond acceptors (Lipinski definition) is 3. The molecule has 1 fully saturated rings. The fourth-order valence-electron chi connectivity index (χ4n) is 2.41. The van der Waals surface area contributed by atoms with E-state index in [0.29, 0.717) is 23.9 Å². The van der Waals surface area contributed by atoms with Crippen LogP contribution in [0.4, 0.5) is 0 Å². The summed E-state index contributed by atoms with van der Waals surface area (Å²) in [4.78, 5) is 11.9. The molecule has 2 rings (SSSR count). The maximum absolute atomic E-state index is 11.9. The number of carbonyl (C=O) groups excluding carboxylic acids is 1. The fourth-order valence-corrected chi connectivity index (χ4v) is 5.14. The van der Waals surface area contributed by atoms with E-state index in [-0.39, 0.29) is 11.1 Å². The Morgan fingerprint density at radius 1 is 1.18 bits per heavy atom. The summed E-state index contributed by atoms with van der Waals surface area (Å²) in [5, 5.41) is 0.495. The SMILES string of the molecule is CC(C)(C)[Si](C)(C)O[C@@H]1CC(=O)C[C@H]1SCc1ccccc1. The molecular weight excluding hydrogens is 308 g/mol. The van der Waals surface area contributed by atoms with Crippen LogP contribution in [0.15, 0.2) is 30.3 Å². The van der Waals surface area contributed by atoms with Crippen LogP contribution in [0.5, 0.6) is 0 Å². The molecule has 0 N–H and O–H groups in total. The number of benzene rings is 1. The highest BCUT2D eigenvalue weighted by Gasteiger charge is 2.43. The average molecular weight is 337 g/mol. The molecule has 1 aliphatic rings. The van der Waals surface area contributed by atoms with Gasteiger partial charge < -0.3 is 4.43 Å². The van der Waals surface area contributed by atoms with Crippen molar-refractivity contribution in [2.45, 2.75) is 68.9 Å². The molecular formula is C18H28O2SSi. The molecule has 1 saturated carbocycles. The van der Waals surface area contributed by atoms with Crippen LogP contribution in [-0.4, -0.2) is 25.5 Å². The molecule has 0 saturated heterocycles. The van der Waals surface area contributed by atoms with Gasteiger partial charge in [0.05, 0.1) is 6.10 Å². The fraction of sp³-hybridized carbons (Fsp3) is 0.611. The topological polar surface area (TPSA) is 26.3 Å². The number of thioether (sulfide) groups is 1. The largest absolute Gasteiger partial charge is 0.412 e. The van der Waals surface area contributed by atoms with Gasteiger partial charge in [-0.15, -0.1) is 0 Å². The minimum absolute atomic E-state index is 0.0992. The Morgan fingerprint density at radius 3 is 2.41 bits per heavy atom. The van der Waals surface area contributed by atoms with E-state index >= 15 is 0 Å². The molecule has 1 aromatic rings. The molecule has 0 spiro atoms. The van der Waals surface area contributed by atoms with E-state index in [1.54, 1.807) is 0 Å². The van der Waals surface area contributed by atoms with Gasteiger partial charge in [0, 0.05) is 23.8 Å². The summed E-state index contributed by atoms with van der Waals surface area (Å²) in [5.41, 5.74) is 1.32. The lowest BCUT2D eigenvalue weighted by Crippen LogP contribution is -2.45. The first-order valence-electron chi connectivity index (χ1n) is 8.04. The van der Waals surface area contributed by atoms with Crippen molar-refractivity contribution in [2.75, 3.05) is 0 Å². The molecule has 1 aliphatic carbocycles. The Labute approximate surface area is 140 Å². The lowest BCUT2D eigenvalue weighted by Gasteiger charge is -2.39. The van der Waals surface area contributed by atoms with E-state index in [0.717, 1.165) is 5.75 Å². The monoisotopic (exact) mass is 336 g/mol. The van der Waals surface area contributed by atoms with Crippen LogP contribution in [-0.2, 0) is 15.0 Å². The molecule has 0 unspecified atom stereocenters. The standard InChI is InChI=1S/C18H28O2SSi/c1-18(2,3)22(4,5)20-16-11-15(19)12-17(16)21-13-14-9-7-6-8-10-14/h6-10,16-17H,11-13H2,1-5H3/t16-,17-/m1/s1. The van der Waals surface area contributed by atoms with E-state index in [9.17, 15) is 4.79 Å². The Bertz CT molecular complexity index is 508. The van der Waals surface area contributed by atoms with Crippen molar-refractivity contribution >= 4 is 25.9 Å². The number of rotatable bonds is 5. The van der Waals surface area contributed by atoms with Crippen molar-refractivity contribution < 1.29 is 9.22 Å². The molecule has 2 atom stereocenters. The van der Waals surface area contributed by atoms with Gasteiger partial charge in [-0.1, -0.05) is 51.1 Å². The number of ketones is 1. The zero-order valence-electron chi connectivity index (χ0n) is 14.4. The van der Waals surface area contributed by atoms with Crippen molar-refractivity contribution in [3.63, 3.8) is 0 Å². The van der Waals surface area contributed by atoms with Crippen molar-refractivity contribution in [3.8, 4) is 0 Å². The summed E-state index contributed by atoms with van der Waals surface area (Å²) in [6, 6.07) is 10.5. The lowest BCUT2D eigenvalue weighted by atomic mass is 10.2. The number of hydrogen-bond donors (Lipinski definition) is 0. The van der Waals surface area contributed by atoms with Crippen LogP contribution in [0, 0.1) is 0 Å². The average Bonchev–Trinajstić information content (AvgIpc) is 2.75. The Kier molecular flexibility index (Phi) is 5.57. The van der Waals surface area contributed by atoms with Gasteiger partial charge in [-0.25, -0.2) is 0 Å². The first-order chi connectivity index (χ1) is 10.2. The minimum Gasteiger partial charge on any atom is -0.412 e. The second kappa shape index (κ2) is 6.89. The third kappa shape index (κ3) is 4.46. The Morgan fingerprint density at radius 2 is 1.82 bits per heavy atom. The van der Waals surface area contributed by atoms with E-state index in [2.05, 4.69) is 58.1 Å². The van der Waals surface area contributed by atoms with Crippen molar-refractivity contribution in [3.05, 3.63) is 35.9 Å². The van der Waals surface area contributed by atoms with E-state index in [1.165, 1.54) is 5.56 Å². The Hall–Kier alpha value is -0.583. The molecule has 4 heteroatoms. The van der Waals surface area contributed by atoms with Gasteiger partial charge >= 0.3 is 0 Å². The lowest BCUT2D eigenvalue weighted by molar-refractivity contribution is -0.117. The molecule has 1 aromatic carbocycles. The van der Waals surface area contributed by atoms with Crippen LogP contribution >= 0.6 is 11.8 Å². The van der Waals surface area contributed by atoms with Gasteiger partial charge in [-0.05, 0) is 23.7 Å². The summed E-state index contributed by atoms with van der Waals surface area (Å²) < 4.78 is 6.53. The van der Waals surface area contributed by atoms with Crippen molar-refractivity contribution in [2.24, 2.45) is 0 Å². The third-order valence-electron chi connectivity index (χ3n) is 4.83. The first-order valence-corrected chi connectivity index (χ1v) is 12.0. The van der Waals surface area contributed by atoms with E-state index < -0.39 is 8.32 Å². The van der Waals surface area contributed by atoms with Crippen LogP contribution < -0.4 is 0 Å². The molecule has 22 heavy (non-hydrogen) atoms. The summed E-state index contributed by atoms with van der Waals surface area (Å²) in [7, 11) is -1.82. The predicted octanol–water partition coefficient (Wildman–Crippen LogP) is 5.04. The molecule has 0 radical (unpaired) electrons. The highest BCUT2D eigenvalue weighted by atomic mass is 32.2. The molecule has 0 amide bonds. The van der Waals surface area contributed by atoms with Crippen LogP contribution in [0.1, 0.15) is 39.2 Å². The maximum atomic E-state index is 11.9. The first kappa shape index (κ1) is 17.8. The highest BCUT2D eigenvalue weighted by molar-refractivity contribution is 7.99. The number of carbonyl (C=O) groups is 1. The van der Waals surface area contributed by atoms with Gasteiger partial charge in [0.2, 0.25) is 0 Å². The van der Waals surface area contributed by atoms with Gasteiger partial charge in [-0.3, -0.25) is 4.79 Å². The van der Waals surface area contributed by atoms with Gasteiger partial charge in [0.15, 0.2) is 8.32 Å². The summed E-state index contributed by atoms with van der Waals surface area (Å²) >= 11 is 1.88. The van der Waals surface area contributed by atoms with Gasteiger partial charge in [0.1, 0.15) is 5.78 Å². The van der Waals surface area contributed by atoms with Gasteiger partial charge in [0.25, 0.3) is 0 Å². The molecule has 0 bridgehead atoms. The van der Waals surface area contributed by atoms with Crippen LogP contribution in [0.2, 0.25) is 18.1 Å². The molecule has 0 aliphatic heterocycles. The highest BCUT2D eigenvalue weighted by Crippen LogP contribution is 2.41. The minimum atomic E-state index is -1.82. The zero-order chi connectivity index (χ0) is 16.4. The second-order valence-electron chi connectivity index (χ2n) is 7.70. The smallest absolute Gasteiger partial charge is 0.192 e. The van der Waals surface area contributed by atoms with E-state index in [1.807, 2.05) is 17.8 Å². The molecule has 122 valence electrons. The number of Topliss-reactive ketones (excluding diaryl/α,β-unsaturated/α-hetero) is 1. The summed E-state index contributed by atoms with van der Waals surface area (Å²) in [6.07, 6.45) is 1.36. The quantitative estimate of drug-likeness (QED) is 0.705. The summed E-state index contributed by atoms with van der Waals surface area (Å²) in [5.74, 6) is 1.31. The maximum Gasteiger partial charge on any atom is 0.192 e. The van der Waals surface area contributed by atoms with Crippen LogP contribution in [0.25, 0.3) is 0 Å². The van der Waals surface area contributed by atoms with Crippen molar-refractivity contribution in [1.82, 2.24) is 0 Å². The van der Waals surface area contributed by atoms with Crippen molar-refractivity contribution in [1.29, 1.82) is 0 Å². The third-order valence-corrected chi connectivity index (χ3v) is 10.7. The van der Waals surface area contributed by atoms with Crippen LogP contribution in [0.3, 0.4) is 0 Å². The predicted molar refractivity (Wildman–Crippen MR) is 97.8 cm³/mol. The molecule has 0 aromatic heterocycles. The molecule has 0 heterocycles. The van der Waals surface area contributed by atoms with E-state index in [4.69, 9.17) is 4.43 Å². The zero-order valence-corrected chi connectivity index (χ0v) is 16.2. The summed E-state index contributed by atoms with van der Waals surface area (Å²) in [6.45, 7) is 11.3. The Balaban J connectivity index is 1.99. The van der Waals surface area contributed by atoms with Gasteiger partial charge in [-0.2, -0.15) is 11.8 Å². The second-order valence-corrected chi connectivity index (χ2v) is 13.7. The molecule has 2 nitrogen and oxygen atoms in total.